The highest BCUT2D eigenvalue weighted by molar-refractivity contribution is 5.97. The van der Waals surface area contributed by atoms with Crippen LogP contribution in [-0.4, -0.2) is 77.2 Å². The van der Waals surface area contributed by atoms with E-state index in [9.17, 15) is 9.90 Å². The van der Waals surface area contributed by atoms with Gasteiger partial charge in [-0.15, -0.1) is 0 Å². The summed E-state index contributed by atoms with van der Waals surface area (Å²) in [6.07, 6.45) is 1.67. The van der Waals surface area contributed by atoms with Gasteiger partial charge in [0.05, 0.1) is 23.7 Å². The van der Waals surface area contributed by atoms with Crippen LogP contribution in [0.3, 0.4) is 0 Å². The average molecular weight is 473 g/mol. The summed E-state index contributed by atoms with van der Waals surface area (Å²) in [5.74, 6) is 0.994. The van der Waals surface area contributed by atoms with Gasteiger partial charge < -0.3 is 25.5 Å². The SMILES string of the molecule is COc1ncccc1-c1ccc(O)c(-c2nc3ccc(C(=O)NCCN4CCNCC4)cc3[nH]2)c1. The Bertz CT molecular complexity index is 1350. The maximum Gasteiger partial charge on any atom is 0.251 e. The third kappa shape index (κ3) is 4.96. The number of aromatic nitrogens is 3. The Labute approximate surface area is 203 Å². The number of aromatic amines is 1. The van der Waals surface area contributed by atoms with Crippen molar-refractivity contribution < 1.29 is 14.6 Å². The molecule has 0 saturated carbocycles. The van der Waals surface area contributed by atoms with E-state index in [0.29, 0.717) is 34.9 Å². The smallest absolute Gasteiger partial charge is 0.251 e. The van der Waals surface area contributed by atoms with Gasteiger partial charge in [-0.3, -0.25) is 9.69 Å². The maximum atomic E-state index is 12.7. The fourth-order valence-electron chi connectivity index (χ4n) is 4.31. The van der Waals surface area contributed by atoms with E-state index in [0.717, 1.165) is 49.4 Å². The molecule has 1 aliphatic rings. The van der Waals surface area contributed by atoms with Gasteiger partial charge in [-0.2, -0.15) is 0 Å². The first kappa shape index (κ1) is 22.8. The van der Waals surface area contributed by atoms with E-state index in [-0.39, 0.29) is 11.7 Å². The fraction of sp³-hybridized carbons (Fsp3) is 0.269. The Hall–Kier alpha value is -3.95. The van der Waals surface area contributed by atoms with Crippen molar-refractivity contribution in [3.63, 3.8) is 0 Å². The molecule has 4 aromatic rings. The zero-order chi connectivity index (χ0) is 24.2. The van der Waals surface area contributed by atoms with E-state index < -0.39 is 0 Å². The summed E-state index contributed by atoms with van der Waals surface area (Å²) >= 11 is 0. The number of ether oxygens (including phenoxy) is 1. The number of phenolic OH excluding ortho intramolecular Hbond substituents is 1. The summed E-state index contributed by atoms with van der Waals surface area (Å²) in [6.45, 7) is 5.41. The van der Waals surface area contributed by atoms with Crippen molar-refractivity contribution in [3.05, 3.63) is 60.3 Å². The predicted molar refractivity (Wildman–Crippen MR) is 135 cm³/mol. The van der Waals surface area contributed by atoms with Crippen molar-refractivity contribution in [1.82, 2.24) is 30.5 Å². The number of methoxy groups -OCH3 is 1. The molecule has 3 heterocycles. The molecule has 1 fully saturated rings. The zero-order valence-corrected chi connectivity index (χ0v) is 19.5. The molecule has 35 heavy (non-hydrogen) atoms. The van der Waals surface area contributed by atoms with E-state index in [1.807, 2.05) is 30.3 Å². The number of carbonyl (C=O) groups is 1. The molecule has 5 rings (SSSR count). The molecule has 9 heteroatoms. The number of carbonyl (C=O) groups excluding carboxylic acids is 1. The molecule has 2 aromatic heterocycles. The number of hydrogen-bond acceptors (Lipinski definition) is 7. The summed E-state index contributed by atoms with van der Waals surface area (Å²) in [6, 6.07) is 14.4. The van der Waals surface area contributed by atoms with Crippen LogP contribution < -0.4 is 15.4 Å². The van der Waals surface area contributed by atoms with Crippen molar-refractivity contribution in [1.29, 1.82) is 0 Å². The van der Waals surface area contributed by atoms with Gasteiger partial charge in [-0.1, -0.05) is 6.07 Å². The number of piperazine rings is 1. The minimum absolute atomic E-state index is 0.0987. The number of phenols is 1. The molecule has 4 N–H and O–H groups in total. The number of nitrogens with zero attached hydrogens (tertiary/aromatic N) is 3. The standard InChI is InChI=1S/C26H28N6O3/c1-35-26-19(3-2-8-29-26)17-5-7-23(33)20(15-17)24-30-21-6-4-18(16-22(21)31-24)25(34)28-11-14-32-12-9-27-10-13-32/h2-8,15-16,27,33H,9-14H2,1H3,(H,28,34)(H,30,31). The highest BCUT2D eigenvalue weighted by Crippen LogP contribution is 2.35. The highest BCUT2D eigenvalue weighted by atomic mass is 16.5. The second-order valence-electron chi connectivity index (χ2n) is 8.46. The summed E-state index contributed by atoms with van der Waals surface area (Å²) in [7, 11) is 1.57. The summed E-state index contributed by atoms with van der Waals surface area (Å²) in [5, 5.41) is 16.9. The van der Waals surface area contributed by atoms with Crippen LogP contribution in [0.5, 0.6) is 11.6 Å². The lowest BCUT2D eigenvalue weighted by Crippen LogP contribution is -2.46. The molecule has 0 bridgehead atoms. The topological polar surface area (TPSA) is 115 Å². The van der Waals surface area contributed by atoms with Gasteiger partial charge in [0.2, 0.25) is 5.88 Å². The van der Waals surface area contributed by atoms with Gasteiger partial charge in [-0.05, 0) is 48.0 Å². The van der Waals surface area contributed by atoms with Crippen LogP contribution in [0.15, 0.2) is 54.7 Å². The number of pyridine rings is 1. The number of aromatic hydroxyl groups is 1. The average Bonchev–Trinajstić information content (AvgIpc) is 3.33. The van der Waals surface area contributed by atoms with Crippen LogP contribution in [0.2, 0.25) is 0 Å². The Morgan fingerprint density at radius 2 is 2.00 bits per heavy atom. The summed E-state index contributed by atoms with van der Waals surface area (Å²) < 4.78 is 5.38. The van der Waals surface area contributed by atoms with Crippen LogP contribution >= 0.6 is 0 Å². The lowest BCUT2D eigenvalue weighted by molar-refractivity contribution is 0.0947. The number of benzene rings is 2. The van der Waals surface area contributed by atoms with E-state index in [1.54, 1.807) is 31.5 Å². The Kier molecular flexibility index (Phi) is 6.60. The van der Waals surface area contributed by atoms with Crippen LogP contribution in [-0.2, 0) is 0 Å². The number of H-pyrrole nitrogens is 1. The van der Waals surface area contributed by atoms with Crippen molar-refractivity contribution in [2.24, 2.45) is 0 Å². The van der Waals surface area contributed by atoms with Gasteiger partial charge in [0.25, 0.3) is 5.91 Å². The second kappa shape index (κ2) is 10.1. The Balaban J connectivity index is 1.36. The fourth-order valence-corrected chi connectivity index (χ4v) is 4.31. The number of fused-ring (bicyclic) bond motifs is 1. The van der Waals surface area contributed by atoms with Crippen LogP contribution in [0.25, 0.3) is 33.5 Å². The molecule has 0 radical (unpaired) electrons. The number of rotatable bonds is 7. The van der Waals surface area contributed by atoms with Gasteiger partial charge in [-0.25, -0.2) is 9.97 Å². The molecular formula is C26H28N6O3. The molecule has 1 aliphatic heterocycles. The molecule has 0 spiro atoms. The van der Waals surface area contributed by atoms with Gasteiger partial charge in [0.1, 0.15) is 11.6 Å². The molecule has 9 nitrogen and oxygen atoms in total. The van der Waals surface area contributed by atoms with Crippen LogP contribution in [0.1, 0.15) is 10.4 Å². The molecule has 0 unspecified atom stereocenters. The summed E-state index contributed by atoms with van der Waals surface area (Å²) in [4.78, 5) is 27.2. The van der Waals surface area contributed by atoms with Crippen molar-refractivity contribution in [3.8, 4) is 34.1 Å². The van der Waals surface area contributed by atoms with E-state index >= 15 is 0 Å². The highest BCUT2D eigenvalue weighted by Gasteiger charge is 2.15. The molecular weight excluding hydrogens is 444 g/mol. The molecule has 0 atom stereocenters. The minimum atomic E-state index is -0.119. The first-order chi connectivity index (χ1) is 17.1. The molecule has 2 aromatic carbocycles. The lowest BCUT2D eigenvalue weighted by Gasteiger charge is -2.27. The Morgan fingerprint density at radius 3 is 2.83 bits per heavy atom. The first-order valence-electron chi connectivity index (χ1n) is 11.7. The third-order valence-corrected chi connectivity index (χ3v) is 6.19. The third-order valence-electron chi connectivity index (χ3n) is 6.19. The minimum Gasteiger partial charge on any atom is -0.507 e. The first-order valence-corrected chi connectivity index (χ1v) is 11.7. The molecule has 1 saturated heterocycles. The largest absolute Gasteiger partial charge is 0.507 e. The molecule has 1 amide bonds. The quantitative estimate of drug-likeness (QED) is 0.327. The Morgan fingerprint density at radius 1 is 1.14 bits per heavy atom. The maximum absolute atomic E-state index is 12.7. The van der Waals surface area contributed by atoms with Crippen molar-refractivity contribution >= 4 is 16.9 Å². The predicted octanol–water partition coefficient (Wildman–Crippen LogP) is 2.64. The summed E-state index contributed by atoms with van der Waals surface area (Å²) in [5.41, 5.74) is 4.19. The molecule has 180 valence electrons. The monoisotopic (exact) mass is 472 g/mol. The number of amides is 1. The van der Waals surface area contributed by atoms with Gasteiger partial charge in [0, 0.05) is 56.6 Å². The normalized spacial score (nSPS) is 14.2. The van der Waals surface area contributed by atoms with Crippen molar-refractivity contribution in [2.45, 2.75) is 0 Å². The zero-order valence-electron chi connectivity index (χ0n) is 19.5. The second-order valence-corrected chi connectivity index (χ2v) is 8.46. The van der Waals surface area contributed by atoms with Crippen LogP contribution in [0, 0.1) is 0 Å². The molecule has 0 aliphatic carbocycles. The number of hydrogen-bond donors (Lipinski definition) is 4. The van der Waals surface area contributed by atoms with Gasteiger partial charge >= 0.3 is 0 Å². The number of imidazole rings is 1. The van der Waals surface area contributed by atoms with Crippen LogP contribution in [0.4, 0.5) is 0 Å². The van der Waals surface area contributed by atoms with E-state index in [4.69, 9.17) is 4.74 Å². The lowest BCUT2D eigenvalue weighted by atomic mass is 10.0. The van der Waals surface area contributed by atoms with E-state index in [2.05, 4.69) is 30.5 Å². The number of nitrogens with one attached hydrogen (secondary N) is 3. The van der Waals surface area contributed by atoms with E-state index in [1.165, 1.54) is 0 Å². The van der Waals surface area contributed by atoms with Crippen molar-refractivity contribution in [2.75, 3.05) is 46.4 Å². The van der Waals surface area contributed by atoms with Gasteiger partial charge in [0.15, 0.2) is 0 Å².